The summed E-state index contributed by atoms with van der Waals surface area (Å²) in [5.74, 6) is 0.109. The highest BCUT2D eigenvalue weighted by molar-refractivity contribution is 6.11. The second-order valence-electron chi connectivity index (χ2n) is 7.92. The summed E-state index contributed by atoms with van der Waals surface area (Å²) in [4.78, 5) is 15.3. The number of carbonyl (C=O) groups is 1. The smallest absolute Gasteiger partial charge is 0.449 e. The van der Waals surface area contributed by atoms with Gasteiger partial charge in [0.05, 0.1) is 13.2 Å². The number of anilines is 1. The predicted octanol–water partition coefficient (Wildman–Crippen LogP) is 4.46. The fourth-order valence-corrected chi connectivity index (χ4v) is 4.78. The minimum Gasteiger partial charge on any atom is -0.493 e. The van der Waals surface area contributed by atoms with Gasteiger partial charge in [-0.1, -0.05) is 18.2 Å². The van der Waals surface area contributed by atoms with Crippen LogP contribution >= 0.6 is 0 Å². The number of fused-ring (bicyclic) bond motifs is 5. The van der Waals surface area contributed by atoms with Gasteiger partial charge in [0.2, 0.25) is 11.7 Å². The van der Waals surface area contributed by atoms with Gasteiger partial charge in [0.25, 0.3) is 0 Å². The third-order valence-corrected chi connectivity index (χ3v) is 6.22. The van der Waals surface area contributed by atoms with Crippen LogP contribution in [0.1, 0.15) is 28.2 Å². The molecule has 3 aliphatic rings. The number of para-hydroxylation sites is 1. The number of alkyl halides is 3. The second kappa shape index (κ2) is 6.06. The zero-order valence-electron chi connectivity index (χ0n) is 16.2. The number of nitrogens with zero attached hydrogens (tertiary/aromatic N) is 1. The van der Waals surface area contributed by atoms with Crippen molar-refractivity contribution in [1.82, 2.24) is 0 Å². The first-order valence-corrected chi connectivity index (χ1v) is 9.88. The number of hydrogen-bond acceptors (Lipinski definition) is 4. The van der Waals surface area contributed by atoms with Crippen molar-refractivity contribution in [3.05, 3.63) is 76.7 Å². The van der Waals surface area contributed by atoms with Gasteiger partial charge in [-0.3, -0.25) is 4.79 Å². The summed E-state index contributed by atoms with van der Waals surface area (Å²) in [5.41, 5.74) is 2.18. The first kappa shape index (κ1) is 18.4. The first-order valence-electron chi connectivity index (χ1n) is 9.88. The van der Waals surface area contributed by atoms with E-state index in [1.807, 2.05) is 24.3 Å². The second-order valence-corrected chi connectivity index (χ2v) is 7.92. The summed E-state index contributed by atoms with van der Waals surface area (Å²) in [5, 5.41) is 0. The molecule has 1 amide bonds. The van der Waals surface area contributed by atoms with Crippen molar-refractivity contribution in [2.75, 3.05) is 18.1 Å². The molecule has 1 spiro atoms. The highest BCUT2D eigenvalue weighted by atomic mass is 19.4. The standard InChI is InChI=1S/C23H16F3NO4/c24-23(25,26)20-6-5-14(31-20)11-27-17-4-2-1-3-15(17)22(21(27)28)12-30-19-10-18-13(7-8-29-18)9-16(19)22/h1-6,9-10H,7-8,11-12H2/t22-/m1/s1. The number of amides is 1. The van der Waals surface area contributed by atoms with Crippen molar-refractivity contribution in [2.24, 2.45) is 0 Å². The van der Waals surface area contributed by atoms with E-state index < -0.39 is 17.4 Å². The van der Waals surface area contributed by atoms with Crippen LogP contribution in [-0.2, 0) is 29.4 Å². The maximum absolute atomic E-state index is 13.8. The summed E-state index contributed by atoms with van der Waals surface area (Å²) in [6.07, 6.45) is -3.82. The Labute approximate surface area is 175 Å². The average molecular weight is 427 g/mol. The fraction of sp³-hybridized carbons (Fsp3) is 0.261. The third-order valence-electron chi connectivity index (χ3n) is 6.22. The topological polar surface area (TPSA) is 51.9 Å². The van der Waals surface area contributed by atoms with E-state index in [1.165, 1.54) is 11.0 Å². The zero-order valence-corrected chi connectivity index (χ0v) is 16.2. The summed E-state index contributed by atoms with van der Waals surface area (Å²) < 4.78 is 55.4. The van der Waals surface area contributed by atoms with Crippen LogP contribution < -0.4 is 14.4 Å². The fourth-order valence-electron chi connectivity index (χ4n) is 4.78. The molecule has 1 aromatic heterocycles. The Hall–Kier alpha value is -3.42. The largest absolute Gasteiger partial charge is 0.493 e. The van der Waals surface area contributed by atoms with Crippen LogP contribution in [-0.4, -0.2) is 19.1 Å². The molecule has 1 atom stereocenters. The molecule has 0 N–H and O–H groups in total. The lowest BCUT2D eigenvalue weighted by atomic mass is 9.76. The normalized spacial score (nSPS) is 21.1. The Morgan fingerprint density at radius 3 is 2.65 bits per heavy atom. The van der Waals surface area contributed by atoms with Gasteiger partial charge < -0.3 is 18.8 Å². The van der Waals surface area contributed by atoms with Crippen LogP contribution in [0, 0.1) is 0 Å². The van der Waals surface area contributed by atoms with Gasteiger partial charge in [0.15, 0.2) is 0 Å². The van der Waals surface area contributed by atoms with Crippen LogP contribution in [0.5, 0.6) is 11.5 Å². The molecule has 0 aliphatic carbocycles. The van der Waals surface area contributed by atoms with E-state index in [0.29, 0.717) is 18.0 Å². The molecule has 8 heteroatoms. The molecular formula is C23H16F3NO4. The van der Waals surface area contributed by atoms with Gasteiger partial charge in [-0.15, -0.1) is 0 Å². The number of rotatable bonds is 2. The van der Waals surface area contributed by atoms with E-state index in [9.17, 15) is 18.0 Å². The van der Waals surface area contributed by atoms with E-state index >= 15 is 0 Å². The van der Waals surface area contributed by atoms with Gasteiger partial charge in [0, 0.05) is 23.7 Å². The molecule has 3 aromatic rings. The Balaban J connectivity index is 1.44. The summed E-state index contributed by atoms with van der Waals surface area (Å²) in [7, 11) is 0. The number of halogens is 3. The molecule has 5 nitrogen and oxygen atoms in total. The van der Waals surface area contributed by atoms with Gasteiger partial charge >= 0.3 is 6.18 Å². The maximum atomic E-state index is 13.8. The van der Waals surface area contributed by atoms with E-state index in [0.717, 1.165) is 34.9 Å². The molecule has 6 rings (SSSR count). The highest BCUT2D eigenvalue weighted by Gasteiger charge is 2.57. The van der Waals surface area contributed by atoms with Crippen molar-refractivity contribution >= 4 is 11.6 Å². The SMILES string of the molecule is O=C1N(Cc2ccc(C(F)(F)F)o2)c2ccccc2[C@@]12COc1cc3c(cc12)CCO3. The predicted molar refractivity (Wildman–Crippen MR) is 103 cm³/mol. The van der Waals surface area contributed by atoms with Crippen molar-refractivity contribution in [1.29, 1.82) is 0 Å². The molecule has 4 heterocycles. The van der Waals surface area contributed by atoms with Crippen LogP contribution in [0.3, 0.4) is 0 Å². The number of ether oxygens (including phenoxy) is 2. The molecule has 0 fully saturated rings. The van der Waals surface area contributed by atoms with Gasteiger partial charge in [-0.2, -0.15) is 13.2 Å². The molecule has 31 heavy (non-hydrogen) atoms. The third kappa shape index (κ3) is 2.47. The molecule has 0 unspecified atom stereocenters. The number of hydrogen-bond donors (Lipinski definition) is 0. The average Bonchev–Trinajstić information content (AvgIpc) is 3.50. The van der Waals surface area contributed by atoms with Crippen molar-refractivity contribution in [3.63, 3.8) is 0 Å². The monoisotopic (exact) mass is 427 g/mol. The summed E-state index contributed by atoms with van der Waals surface area (Å²) >= 11 is 0. The van der Waals surface area contributed by atoms with E-state index in [-0.39, 0.29) is 24.8 Å². The van der Waals surface area contributed by atoms with Crippen LogP contribution in [0.4, 0.5) is 18.9 Å². The number of carbonyl (C=O) groups excluding carboxylic acids is 1. The van der Waals surface area contributed by atoms with Crippen molar-refractivity contribution < 1.29 is 31.9 Å². The minimum absolute atomic E-state index is 0.0639. The van der Waals surface area contributed by atoms with Crippen LogP contribution in [0.15, 0.2) is 52.9 Å². The Kier molecular flexibility index (Phi) is 3.59. The molecule has 0 saturated carbocycles. The van der Waals surface area contributed by atoms with Crippen LogP contribution in [0.2, 0.25) is 0 Å². The zero-order chi connectivity index (χ0) is 21.4. The summed E-state index contributed by atoms with van der Waals surface area (Å²) in [6.45, 7) is 0.614. The summed E-state index contributed by atoms with van der Waals surface area (Å²) in [6, 6.07) is 13.3. The van der Waals surface area contributed by atoms with Gasteiger partial charge in [-0.05, 0) is 35.4 Å². The molecule has 3 aliphatic heterocycles. The first-order chi connectivity index (χ1) is 14.9. The van der Waals surface area contributed by atoms with Gasteiger partial charge in [-0.25, -0.2) is 0 Å². The quantitative estimate of drug-likeness (QED) is 0.606. The lowest BCUT2D eigenvalue weighted by Crippen LogP contribution is -2.42. The van der Waals surface area contributed by atoms with Gasteiger partial charge in [0.1, 0.15) is 29.3 Å². The Morgan fingerprint density at radius 1 is 1.00 bits per heavy atom. The lowest BCUT2D eigenvalue weighted by Gasteiger charge is -2.23. The van der Waals surface area contributed by atoms with Crippen molar-refractivity contribution in [3.8, 4) is 11.5 Å². The lowest BCUT2D eigenvalue weighted by molar-refractivity contribution is -0.153. The molecule has 0 bridgehead atoms. The van der Waals surface area contributed by atoms with Crippen LogP contribution in [0.25, 0.3) is 0 Å². The Morgan fingerprint density at radius 2 is 1.84 bits per heavy atom. The minimum atomic E-state index is -4.58. The molecule has 158 valence electrons. The molecule has 0 saturated heterocycles. The van der Waals surface area contributed by atoms with E-state index in [1.54, 1.807) is 12.1 Å². The number of benzene rings is 2. The Bertz CT molecular complexity index is 1230. The molecule has 2 aromatic carbocycles. The highest BCUT2D eigenvalue weighted by Crippen LogP contribution is 2.54. The van der Waals surface area contributed by atoms with E-state index in [2.05, 4.69) is 0 Å². The maximum Gasteiger partial charge on any atom is 0.449 e. The van der Waals surface area contributed by atoms with E-state index in [4.69, 9.17) is 13.9 Å². The molecule has 0 radical (unpaired) electrons. The van der Waals surface area contributed by atoms with Crippen molar-refractivity contribution in [2.45, 2.75) is 24.6 Å². The molecular weight excluding hydrogens is 411 g/mol. The number of furan rings is 1.